The molecule has 0 aromatic carbocycles. The molecular formula is C15H22FN3. The molecule has 0 saturated heterocycles. The first-order valence-electron chi connectivity index (χ1n) is 6.71. The molecule has 0 unspecified atom stereocenters. The van der Waals surface area contributed by atoms with Crippen molar-refractivity contribution in [2.75, 3.05) is 18.0 Å². The Morgan fingerprint density at radius 2 is 2.16 bits per heavy atom. The molecule has 2 rings (SSSR count). The molecule has 2 heterocycles. The molecule has 2 N–H and O–H groups in total. The Morgan fingerprint density at radius 1 is 1.42 bits per heavy atom. The molecule has 1 aromatic heterocycles. The fourth-order valence-corrected chi connectivity index (χ4v) is 2.45. The average molecular weight is 263 g/mol. The standard InChI is InChI=1S/C15H22FN3/c1-15(2,3)12-4-6-19(7-5-12)14-11(9-17)8-13(16)10-18-14/h4,8,10H,5-7,9,17H2,1-3H3. The summed E-state index contributed by atoms with van der Waals surface area (Å²) < 4.78 is 13.2. The highest BCUT2D eigenvalue weighted by molar-refractivity contribution is 5.48. The molecule has 4 heteroatoms. The molecule has 0 radical (unpaired) electrons. The topological polar surface area (TPSA) is 42.2 Å². The van der Waals surface area contributed by atoms with Crippen molar-refractivity contribution < 1.29 is 4.39 Å². The zero-order chi connectivity index (χ0) is 14.0. The summed E-state index contributed by atoms with van der Waals surface area (Å²) in [4.78, 5) is 6.37. The van der Waals surface area contributed by atoms with Crippen molar-refractivity contribution in [3.8, 4) is 0 Å². The number of anilines is 1. The van der Waals surface area contributed by atoms with Gasteiger partial charge in [-0.25, -0.2) is 9.37 Å². The molecule has 104 valence electrons. The van der Waals surface area contributed by atoms with E-state index in [1.165, 1.54) is 17.8 Å². The van der Waals surface area contributed by atoms with E-state index in [4.69, 9.17) is 5.73 Å². The number of halogens is 1. The molecule has 0 spiro atoms. The van der Waals surface area contributed by atoms with Crippen molar-refractivity contribution in [2.24, 2.45) is 11.1 Å². The summed E-state index contributed by atoms with van der Waals surface area (Å²) in [6.45, 7) is 8.74. The molecule has 19 heavy (non-hydrogen) atoms. The van der Waals surface area contributed by atoms with Gasteiger partial charge in [0.05, 0.1) is 6.20 Å². The van der Waals surface area contributed by atoms with Crippen LogP contribution in [0.4, 0.5) is 10.2 Å². The smallest absolute Gasteiger partial charge is 0.141 e. The molecule has 0 fully saturated rings. The van der Waals surface area contributed by atoms with Crippen LogP contribution in [0.25, 0.3) is 0 Å². The van der Waals surface area contributed by atoms with E-state index in [0.29, 0.717) is 6.54 Å². The minimum absolute atomic E-state index is 0.221. The summed E-state index contributed by atoms with van der Waals surface area (Å²) in [5.41, 5.74) is 8.14. The van der Waals surface area contributed by atoms with Gasteiger partial charge in [0.15, 0.2) is 0 Å². The van der Waals surface area contributed by atoms with Gasteiger partial charge in [0.2, 0.25) is 0 Å². The van der Waals surface area contributed by atoms with Crippen LogP contribution in [0.5, 0.6) is 0 Å². The Labute approximate surface area is 114 Å². The first kappa shape index (κ1) is 14.0. The molecule has 3 nitrogen and oxygen atoms in total. The van der Waals surface area contributed by atoms with Crippen molar-refractivity contribution in [1.29, 1.82) is 0 Å². The quantitative estimate of drug-likeness (QED) is 0.834. The minimum atomic E-state index is -0.327. The van der Waals surface area contributed by atoms with Gasteiger partial charge in [0.25, 0.3) is 0 Å². The Bertz CT molecular complexity index is 489. The van der Waals surface area contributed by atoms with E-state index in [9.17, 15) is 4.39 Å². The molecule has 0 atom stereocenters. The number of hydrogen-bond donors (Lipinski definition) is 1. The Kier molecular flexibility index (Phi) is 3.90. The fraction of sp³-hybridized carbons (Fsp3) is 0.533. The van der Waals surface area contributed by atoms with E-state index in [2.05, 4.69) is 36.7 Å². The van der Waals surface area contributed by atoms with E-state index in [-0.39, 0.29) is 11.2 Å². The maximum absolute atomic E-state index is 13.2. The molecule has 0 amide bonds. The lowest BCUT2D eigenvalue weighted by molar-refractivity contribution is 0.472. The van der Waals surface area contributed by atoms with E-state index >= 15 is 0 Å². The van der Waals surface area contributed by atoms with E-state index in [1.807, 2.05) is 0 Å². The second kappa shape index (κ2) is 5.29. The maximum Gasteiger partial charge on any atom is 0.141 e. The largest absolute Gasteiger partial charge is 0.352 e. The lowest BCUT2D eigenvalue weighted by Gasteiger charge is -2.33. The first-order chi connectivity index (χ1) is 8.91. The second-order valence-electron chi connectivity index (χ2n) is 6.02. The summed E-state index contributed by atoms with van der Waals surface area (Å²) in [7, 11) is 0. The lowest BCUT2D eigenvalue weighted by Crippen LogP contribution is -2.32. The third-order valence-corrected chi connectivity index (χ3v) is 3.60. The van der Waals surface area contributed by atoms with Gasteiger partial charge in [-0.05, 0) is 17.9 Å². The number of rotatable bonds is 2. The van der Waals surface area contributed by atoms with Gasteiger partial charge in [0.1, 0.15) is 11.6 Å². The van der Waals surface area contributed by atoms with Crippen molar-refractivity contribution in [3.63, 3.8) is 0 Å². The van der Waals surface area contributed by atoms with Gasteiger partial charge < -0.3 is 10.6 Å². The Morgan fingerprint density at radius 3 is 2.68 bits per heavy atom. The third-order valence-electron chi connectivity index (χ3n) is 3.60. The fourth-order valence-electron chi connectivity index (χ4n) is 2.45. The number of pyridine rings is 1. The molecule has 0 aliphatic carbocycles. The normalized spacial score (nSPS) is 16.5. The number of aromatic nitrogens is 1. The minimum Gasteiger partial charge on any atom is -0.352 e. The summed E-state index contributed by atoms with van der Waals surface area (Å²) in [6, 6.07) is 1.48. The molecule has 1 aliphatic heterocycles. The maximum atomic E-state index is 13.2. The van der Waals surface area contributed by atoms with Crippen LogP contribution < -0.4 is 10.6 Å². The Hall–Kier alpha value is -1.42. The van der Waals surface area contributed by atoms with Crippen LogP contribution in [-0.4, -0.2) is 18.1 Å². The summed E-state index contributed by atoms with van der Waals surface area (Å²) in [5, 5.41) is 0. The highest BCUT2D eigenvalue weighted by Gasteiger charge is 2.22. The number of nitrogens with two attached hydrogens (primary N) is 1. The Balaban J connectivity index is 2.20. The highest BCUT2D eigenvalue weighted by atomic mass is 19.1. The van der Waals surface area contributed by atoms with Crippen molar-refractivity contribution in [3.05, 3.63) is 35.3 Å². The van der Waals surface area contributed by atoms with Crippen LogP contribution in [0.15, 0.2) is 23.9 Å². The molecular weight excluding hydrogens is 241 g/mol. The van der Waals surface area contributed by atoms with Gasteiger partial charge in [-0.15, -0.1) is 0 Å². The van der Waals surface area contributed by atoms with Crippen molar-refractivity contribution in [1.82, 2.24) is 4.98 Å². The van der Waals surface area contributed by atoms with Crippen molar-refractivity contribution in [2.45, 2.75) is 33.7 Å². The van der Waals surface area contributed by atoms with Gasteiger partial charge in [-0.1, -0.05) is 32.4 Å². The van der Waals surface area contributed by atoms with E-state index in [0.717, 1.165) is 30.9 Å². The summed E-state index contributed by atoms with van der Waals surface area (Å²) in [5.74, 6) is 0.486. The van der Waals surface area contributed by atoms with Crippen LogP contribution in [-0.2, 0) is 6.54 Å². The third kappa shape index (κ3) is 3.13. The lowest BCUT2D eigenvalue weighted by atomic mass is 9.83. The zero-order valence-corrected chi connectivity index (χ0v) is 11.9. The monoisotopic (exact) mass is 263 g/mol. The van der Waals surface area contributed by atoms with Gasteiger partial charge in [-0.3, -0.25) is 0 Å². The molecule has 1 aliphatic rings. The van der Waals surface area contributed by atoms with Crippen molar-refractivity contribution >= 4 is 5.82 Å². The van der Waals surface area contributed by atoms with Crippen LogP contribution in [0.1, 0.15) is 32.8 Å². The van der Waals surface area contributed by atoms with Gasteiger partial charge in [0, 0.05) is 25.2 Å². The predicted octanol–water partition coefficient (Wildman–Crippen LogP) is 2.86. The molecule has 1 aromatic rings. The summed E-state index contributed by atoms with van der Waals surface area (Å²) in [6.07, 6.45) is 4.54. The summed E-state index contributed by atoms with van der Waals surface area (Å²) >= 11 is 0. The predicted molar refractivity (Wildman–Crippen MR) is 76.5 cm³/mol. The zero-order valence-electron chi connectivity index (χ0n) is 11.9. The number of hydrogen-bond acceptors (Lipinski definition) is 3. The van der Waals surface area contributed by atoms with Gasteiger partial charge in [-0.2, -0.15) is 0 Å². The van der Waals surface area contributed by atoms with Crippen LogP contribution in [0, 0.1) is 11.2 Å². The van der Waals surface area contributed by atoms with E-state index in [1.54, 1.807) is 0 Å². The van der Waals surface area contributed by atoms with Crippen LogP contribution in [0.2, 0.25) is 0 Å². The van der Waals surface area contributed by atoms with E-state index < -0.39 is 0 Å². The highest BCUT2D eigenvalue weighted by Crippen LogP contribution is 2.31. The van der Waals surface area contributed by atoms with Gasteiger partial charge >= 0.3 is 0 Å². The average Bonchev–Trinajstić information content (AvgIpc) is 2.37. The second-order valence-corrected chi connectivity index (χ2v) is 6.02. The molecule has 0 saturated carbocycles. The molecule has 0 bridgehead atoms. The first-order valence-corrected chi connectivity index (χ1v) is 6.71. The van der Waals surface area contributed by atoms with Crippen LogP contribution >= 0.6 is 0 Å². The SMILES string of the molecule is CC(C)(C)C1=CCN(c2ncc(F)cc2CN)CC1. The van der Waals surface area contributed by atoms with Crippen LogP contribution in [0.3, 0.4) is 0 Å². The number of nitrogens with zero attached hydrogens (tertiary/aromatic N) is 2.